The molecule has 0 aromatic heterocycles. The minimum atomic E-state index is -1.25. The first-order chi connectivity index (χ1) is 8.02. The summed E-state index contributed by atoms with van der Waals surface area (Å²) < 4.78 is 14.2. The Bertz CT molecular complexity index is 363. The molecule has 2 bridgehead atoms. The van der Waals surface area contributed by atoms with E-state index in [1.807, 2.05) is 0 Å². The third kappa shape index (κ3) is 1.54. The Labute approximate surface area is 96.6 Å². The molecule has 1 saturated heterocycles. The fraction of sp³-hybridized carbons (Fsp3) is 0.600. The van der Waals surface area contributed by atoms with Gasteiger partial charge in [-0.3, -0.25) is 0 Å². The van der Waals surface area contributed by atoms with E-state index in [9.17, 15) is 19.8 Å². The number of aliphatic hydroxyl groups excluding tert-OH is 2. The molecule has 2 rings (SSSR count). The fourth-order valence-corrected chi connectivity index (χ4v) is 2.13. The quantitative estimate of drug-likeness (QED) is 0.549. The third-order valence-corrected chi connectivity index (χ3v) is 2.93. The number of hydrogen-bond donors (Lipinski definition) is 2. The highest BCUT2D eigenvalue weighted by atomic mass is 16.6. The molecule has 1 fully saturated rings. The largest absolute Gasteiger partial charge is 0.466 e. The maximum Gasteiger partial charge on any atom is 0.337 e. The first kappa shape index (κ1) is 12.0. The van der Waals surface area contributed by atoms with Gasteiger partial charge < -0.3 is 24.4 Å². The van der Waals surface area contributed by atoms with E-state index in [-0.39, 0.29) is 11.1 Å². The second-order valence-electron chi connectivity index (χ2n) is 3.77. The van der Waals surface area contributed by atoms with Crippen LogP contribution < -0.4 is 0 Å². The molecule has 4 unspecified atom stereocenters. The molecule has 0 aromatic carbocycles. The van der Waals surface area contributed by atoms with E-state index in [2.05, 4.69) is 9.47 Å². The van der Waals surface area contributed by atoms with Crippen molar-refractivity contribution in [2.45, 2.75) is 24.4 Å². The van der Waals surface area contributed by atoms with Crippen LogP contribution in [0, 0.1) is 0 Å². The summed E-state index contributed by atoms with van der Waals surface area (Å²) in [6.07, 6.45) is -4.59. The minimum absolute atomic E-state index is 0.0813. The molecule has 2 N–H and O–H groups in total. The Balaban J connectivity index is 2.47. The number of ether oxygens (including phenoxy) is 3. The van der Waals surface area contributed by atoms with E-state index >= 15 is 0 Å². The molecule has 2 aliphatic rings. The Morgan fingerprint density at radius 1 is 1.00 bits per heavy atom. The smallest absolute Gasteiger partial charge is 0.337 e. The first-order valence-corrected chi connectivity index (χ1v) is 4.95. The Morgan fingerprint density at radius 3 is 1.65 bits per heavy atom. The molecular weight excluding hydrogens is 232 g/mol. The number of carbonyl (C=O) groups excluding carboxylic acids is 2. The van der Waals surface area contributed by atoms with Crippen LogP contribution >= 0.6 is 0 Å². The number of aliphatic hydroxyl groups is 2. The van der Waals surface area contributed by atoms with Crippen molar-refractivity contribution in [3.8, 4) is 0 Å². The minimum Gasteiger partial charge on any atom is -0.466 e. The van der Waals surface area contributed by atoms with Gasteiger partial charge in [0.15, 0.2) is 0 Å². The summed E-state index contributed by atoms with van der Waals surface area (Å²) in [4.78, 5) is 23.1. The van der Waals surface area contributed by atoms with E-state index in [1.165, 1.54) is 0 Å². The van der Waals surface area contributed by atoms with Crippen molar-refractivity contribution in [1.29, 1.82) is 0 Å². The van der Waals surface area contributed by atoms with Gasteiger partial charge in [-0.2, -0.15) is 0 Å². The molecule has 2 aliphatic heterocycles. The van der Waals surface area contributed by atoms with Crippen LogP contribution in [-0.2, 0) is 23.8 Å². The summed E-state index contributed by atoms with van der Waals surface area (Å²) in [6.45, 7) is 0. The number of hydrogen-bond acceptors (Lipinski definition) is 7. The molecule has 4 atom stereocenters. The van der Waals surface area contributed by atoms with Crippen LogP contribution in [0.3, 0.4) is 0 Å². The molecule has 7 heteroatoms. The van der Waals surface area contributed by atoms with Crippen LogP contribution in [0.5, 0.6) is 0 Å². The SMILES string of the molecule is COC(=O)C1=C(C(=O)OC)C2OC1C(O)C2O. The van der Waals surface area contributed by atoms with Gasteiger partial charge in [0, 0.05) is 0 Å². The summed E-state index contributed by atoms with van der Waals surface area (Å²) in [6, 6.07) is 0. The van der Waals surface area contributed by atoms with Gasteiger partial charge in [0.2, 0.25) is 0 Å². The van der Waals surface area contributed by atoms with Gasteiger partial charge in [-0.05, 0) is 0 Å². The van der Waals surface area contributed by atoms with E-state index in [4.69, 9.17) is 4.74 Å². The van der Waals surface area contributed by atoms with Crippen molar-refractivity contribution in [1.82, 2.24) is 0 Å². The van der Waals surface area contributed by atoms with Gasteiger partial charge in [-0.25, -0.2) is 9.59 Å². The molecule has 0 saturated carbocycles. The van der Waals surface area contributed by atoms with Crippen molar-refractivity contribution >= 4 is 11.9 Å². The zero-order valence-electron chi connectivity index (χ0n) is 9.25. The lowest BCUT2D eigenvalue weighted by Gasteiger charge is -2.22. The summed E-state index contributed by atoms with van der Waals surface area (Å²) in [5, 5.41) is 19.2. The molecule has 0 radical (unpaired) electrons. The Kier molecular flexibility index (Phi) is 2.90. The average Bonchev–Trinajstić information content (AvgIpc) is 2.85. The highest BCUT2D eigenvalue weighted by molar-refractivity contribution is 6.03. The predicted molar refractivity (Wildman–Crippen MR) is 51.7 cm³/mol. The first-order valence-electron chi connectivity index (χ1n) is 4.95. The predicted octanol–water partition coefficient (Wildman–Crippen LogP) is -1.87. The number of methoxy groups -OCH3 is 2. The maximum atomic E-state index is 11.5. The van der Waals surface area contributed by atoms with E-state index < -0.39 is 36.4 Å². The molecule has 0 aromatic rings. The van der Waals surface area contributed by atoms with Crippen molar-refractivity contribution < 1.29 is 34.0 Å². The molecule has 0 spiro atoms. The Morgan fingerprint density at radius 2 is 1.35 bits per heavy atom. The monoisotopic (exact) mass is 244 g/mol. The van der Waals surface area contributed by atoms with Crippen molar-refractivity contribution in [2.24, 2.45) is 0 Å². The molecule has 94 valence electrons. The van der Waals surface area contributed by atoms with Crippen molar-refractivity contribution in [3.63, 3.8) is 0 Å². The van der Waals surface area contributed by atoms with Crippen LogP contribution in [0.4, 0.5) is 0 Å². The highest BCUT2D eigenvalue weighted by Crippen LogP contribution is 2.40. The highest BCUT2D eigenvalue weighted by Gasteiger charge is 2.57. The second-order valence-corrected chi connectivity index (χ2v) is 3.77. The van der Waals surface area contributed by atoms with Crippen molar-refractivity contribution in [2.75, 3.05) is 14.2 Å². The van der Waals surface area contributed by atoms with E-state index in [0.29, 0.717) is 0 Å². The third-order valence-electron chi connectivity index (χ3n) is 2.93. The van der Waals surface area contributed by atoms with Crippen LogP contribution in [-0.4, -0.2) is 60.8 Å². The van der Waals surface area contributed by atoms with Gasteiger partial charge >= 0.3 is 11.9 Å². The molecule has 2 heterocycles. The lowest BCUT2D eigenvalue weighted by Crippen LogP contribution is -2.42. The van der Waals surface area contributed by atoms with Crippen LogP contribution in [0.25, 0.3) is 0 Å². The van der Waals surface area contributed by atoms with Gasteiger partial charge in [0.1, 0.15) is 24.4 Å². The van der Waals surface area contributed by atoms with Gasteiger partial charge in [0.25, 0.3) is 0 Å². The zero-order chi connectivity index (χ0) is 12.7. The summed E-state index contributed by atoms with van der Waals surface area (Å²) in [5.74, 6) is -1.55. The number of fused-ring (bicyclic) bond motifs is 2. The molecule has 0 amide bonds. The fourth-order valence-electron chi connectivity index (χ4n) is 2.13. The Hall–Kier alpha value is -1.44. The maximum absolute atomic E-state index is 11.5. The molecule has 7 nitrogen and oxygen atoms in total. The van der Waals surface area contributed by atoms with Crippen LogP contribution in [0.1, 0.15) is 0 Å². The zero-order valence-corrected chi connectivity index (χ0v) is 9.25. The normalized spacial score (nSPS) is 35.1. The van der Waals surface area contributed by atoms with Gasteiger partial charge in [-0.15, -0.1) is 0 Å². The summed E-state index contributed by atoms with van der Waals surface area (Å²) >= 11 is 0. The van der Waals surface area contributed by atoms with Crippen LogP contribution in [0.2, 0.25) is 0 Å². The summed E-state index contributed by atoms with van der Waals surface area (Å²) in [5.41, 5.74) is -0.163. The number of esters is 2. The van der Waals surface area contributed by atoms with E-state index in [0.717, 1.165) is 14.2 Å². The van der Waals surface area contributed by atoms with Crippen LogP contribution in [0.15, 0.2) is 11.1 Å². The molecule has 17 heavy (non-hydrogen) atoms. The lowest BCUT2D eigenvalue weighted by molar-refractivity contribution is -0.140. The second kappa shape index (κ2) is 4.10. The summed E-state index contributed by atoms with van der Waals surface area (Å²) in [7, 11) is 2.30. The average molecular weight is 244 g/mol. The number of carbonyl (C=O) groups is 2. The molecular formula is C10H12O7. The standard InChI is InChI=1S/C10H12O7/c1-15-9(13)3-4(10(14)16-2)8-6(12)5(11)7(3)17-8/h5-8,11-12H,1-2H3. The number of rotatable bonds is 2. The van der Waals surface area contributed by atoms with Crippen molar-refractivity contribution in [3.05, 3.63) is 11.1 Å². The topological polar surface area (TPSA) is 102 Å². The van der Waals surface area contributed by atoms with E-state index in [1.54, 1.807) is 0 Å². The lowest BCUT2D eigenvalue weighted by atomic mass is 9.87. The molecule has 0 aliphatic carbocycles. The van der Waals surface area contributed by atoms with Gasteiger partial charge in [0.05, 0.1) is 25.4 Å². The van der Waals surface area contributed by atoms with Gasteiger partial charge in [-0.1, -0.05) is 0 Å².